The summed E-state index contributed by atoms with van der Waals surface area (Å²) in [6, 6.07) is 7.80. The van der Waals surface area contributed by atoms with Crippen LogP contribution in [-0.2, 0) is 4.79 Å². The highest BCUT2D eigenvalue weighted by Gasteiger charge is 2.29. The monoisotopic (exact) mass is 247 g/mol. The van der Waals surface area contributed by atoms with E-state index in [4.69, 9.17) is 0 Å². The molecule has 2 N–H and O–H groups in total. The Morgan fingerprint density at radius 3 is 2.33 bits per heavy atom. The molecule has 0 aliphatic heterocycles. The molecule has 0 heterocycles. The molecule has 1 saturated carbocycles. The van der Waals surface area contributed by atoms with Crippen molar-refractivity contribution in [3.63, 3.8) is 0 Å². The van der Waals surface area contributed by atoms with Crippen molar-refractivity contribution in [1.82, 2.24) is 5.32 Å². The molecule has 0 radical (unpaired) electrons. The van der Waals surface area contributed by atoms with Crippen molar-refractivity contribution >= 4 is 5.97 Å². The third-order valence-corrected chi connectivity index (χ3v) is 3.68. The van der Waals surface area contributed by atoms with Gasteiger partial charge in [-0.2, -0.15) is 0 Å². The molecular formula is C15H21NO2. The molecule has 0 saturated heterocycles. The topological polar surface area (TPSA) is 49.3 Å². The number of aliphatic carboxylic acids is 1. The Morgan fingerprint density at radius 2 is 1.89 bits per heavy atom. The van der Waals surface area contributed by atoms with Crippen molar-refractivity contribution in [3.8, 4) is 0 Å². The number of carboxylic acid groups (broad SMARTS) is 1. The van der Waals surface area contributed by atoms with Gasteiger partial charge in [-0.25, -0.2) is 0 Å². The van der Waals surface area contributed by atoms with Gasteiger partial charge in [-0.15, -0.1) is 0 Å². The van der Waals surface area contributed by atoms with Crippen molar-refractivity contribution in [2.24, 2.45) is 0 Å². The number of hydrogen-bond donors (Lipinski definition) is 2. The Kier molecular flexibility index (Phi) is 4.02. The van der Waals surface area contributed by atoms with E-state index < -0.39 is 12.0 Å². The zero-order chi connectivity index (χ0) is 13.1. The van der Waals surface area contributed by atoms with Gasteiger partial charge in [0.15, 0.2) is 0 Å². The predicted octanol–water partition coefficient (Wildman–Crippen LogP) is 3.08. The van der Waals surface area contributed by atoms with Crippen molar-refractivity contribution in [2.45, 2.75) is 51.1 Å². The van der Waals surface area contributed by atoms with Crippen LogP contribution in [0.25, 0.3) is 0 Å². The number of carboxylic acids is 1. The van der Waals surface area contributed by atoms with Crippen molar-refractivity contribution in [3.05, 3.63) is 35.4 Å². The standard InChI is InChI=1S/C15H21NO2/c1-3-10(2)11-4-6-12(7-5-11)14(15(17)18)16-13-8-9-13/h4-7,10,13-14,16H,3,8-9H2,1-2H3,(H,17,18). The van der Waals surface area contributed by atoms with E-state index in [1.807, 2.05) is 24.3 Å². The minimum atomic E-state index is -0.793. The second kappa shape index (κ2) is 5.53. The fraction of sp³-hybridized carbons (Fsp3) is 0.533. The smallest absolute Gasteiger partial charge is 0.325 e. The van der Waals surface area contributed by atoms with Crippen LogP contribution in [0, 0.1) is 0 Å². The van der Waals surface area contributed by atoms with Crippen LogP contribution in [0.4, 0.5) is 0 Å². The zero-order valence-corrected chi connectivity index (χ0v) is 11.0. The molecule has 1 aromatic rings. The Labute approximate surface area is 108 Å². The summed E-state index contributed by atoms with van der Waals surface area (Å²) in [5.74, 6) is -0.267. The van der Waals surface area contributed by atoms with Crippen LogP contribution in [0.1, 0.15) is 56.2 Å². The lowest BCUT2D eigenvalue weighted by Crippen LogP contribution is -2.30. The first-order valence-electron chi connectivity index (χ1n) is 6.70. The highest BCUT2D eigenvalue weighted by atomic mass is 16.4. The molecule has 0 spiro atoms. The second-order valence-corrected chi connectivity index (χ2v) is 5.19. The molecule has 1 aromatic carbocycles. The Bertz CT molecular complexity index is 409. The summed E-state index contributed by atoms with van der Waals surface area (Å²) in [5.41, 5.74) is 2.12. The maximum Gasteiger partial charge on any atom is 0.325 e. The third-order valence-electron chi connectivity index (χ3n) is 3.68. The van der Waals surface area contributed by atoms with Gasteiger partial charge in [-0.1, -0.05) is 38.1 Å². The van der Waals surface area contributed by atoms with E-state index in [0.29, 0.717) is 12.0 Å². The summed E-state index contributed by atoms with van der Waals surface area (Å²) < 4.78 is 0. The van der Waals surface area contributed by atoms with Crippen molar-refractivity contribution in [1.29, 1.82) is 0 Å². The van der Waals surface area contributed by atoms with E-state index in [2.05, 4.69) is 19.2 Å². The molecule has 18 heavy (non-hydrogen) atoms. The van der Waals surface area contributed by atoms with Crippen LogP contribution in [0.2, 0.25) is 0 Å². The Morgan fingerprint density at radius 1 is 1.33 bits per heavy atom. The molecule has 0 amide bonds. The molecule has 98 valence electrons. The number of nitrogens with one attached hydrogen (secondary N) is 1. The lowest BCUT2D eigenvalue weighted by Gasteiger charge is -2.16. The van der Waals surface area contributed by atoms with Gasteiger partial charge in [0.25, 0.3) is 0 Å². The van der Waals surface area contributed by atoms with E-state index in [1.54, 1.807) is 0 Å². The largest absolute Gasteiger partial charge is 0.480 e. The van der Waals surface area contributed by atoms with Crippen molar-refractivity contribution < 1.29 is 9.90 Å². The van der Waals surface area contributed by atoms with E-state index in [1.165, 1.54) is 5.56 Å². The summed E-state index contributed by atoms with van der Waals surface area (Å²) in [6.45, 7) is 4.35. The van der Waals surface area contributed by atoms with Crippen molar-refractivity contribution in [2.75, 3.05) is 0 Å². The minimum Gasteiger partial charge on any atom is -0.480 e. The summed E-state index contributed by atoms with van der Waals surface area (Å²) in [7, 11) is 0. The number of rotatable bonds is 6. The van der Waals surface area contributed by atoms with Gasteiger partial charge in [0.2, 0.25) is 0 Å². The highest BCUT2D eigenvalue weighted by molar-refractivity contribution is 5.75. The van der Waals surface area contributed by atoms with Gasteiger partial charge in [0.05, 0.1) is 0 Å². The van der Waals surface area contributed by atoms with Crippen LogP contribution in [-0.4, -0.2) is 17.1 Å². The van der Waals surface area contributed by atoms with Gasteiger partial charge < -0.3 is 5.11 Å². The summed E-state index contributed by atoms with van der Waals surface area (Å²) in [5, 5.41) is 12.4. The average Bonchev–Trinajstić information content (AvgIpc) is 3.19. The van der Waals surface area contributed by atoms with Crippen LogP contribution in [0.15, 0.2) is 24.3 Å². The molecule has 1 fully saturated rings. The molecule has 0 bridgehead atoms. The SMILES string of the molecule is CCC(C)c1ccc(C(NC2CC2)C(=O)O)cc1. The average molecular weight is 247 g/mol. The maximum absolute atomic E-state index is 11.3. The summed E-state index contributed by atoms with van der Waals surface area (Å²) >= 11 is 0. The molecule has 2 rings (SSSR count). The van der Waals surface area contributed by atoms with Gasteiger partial charge in [0, 0.05) is 6.04 Å². The predicted molar refractivity (Wildman–Crippen MR) is 71.7 cm³/mol. The molecule has 1 aliphatic carbocycles. The normalized spacial score (nSPS) is 18.3. The molecule has 2 atom stereocenters. The van der Waals surface area contributed by atoms with Gasteiger partial charge in [-0.05, 0) is 36.3 Å². The summed E-state index contributed by atoms with van der Waals surface area (Å²) in [4.78, 5) is 11.3. The maximum atomic E-state index is 11.3. The second-order valence-electron chi connectivity index (χ2n) is 5.19. The number of hydrogen-bond acceptors (Lipinski definition) is 2. The number of benzene rings is 1. The van der Waals surface area contributed by atoms with Crippen LogP contribution in [0.3, 0.4) is 0 Å². The fourth-order valence-corrected chi connectivity index (χ4v) is 2.05. The Balaban J connectivity index is 2.12. The van der Waals surface area contributed by atoms with Crippen LogP contribution >= 0.6 is 0 Å². The van der Waals surface area contributed by atoms with Crippen LogP contribution < -0.4 is 5.32 Å². The first-order valence-corrected chi connectivity index (χ1v) is 6.70. The lowest BCUT2D eigenvalue weighted by molar-refractivity contribution is -0.139. The van der Waals surface area contributed by atoms with E-state index in [-0.39, 0.29) is 0 Å². The first-order chi connectivity index (χ1) is 8.61. The molecule has 1 aliphatic rings. The van der Waals surface area contributed by atoms with Crippen LogP contribution in [0.5, 0.6) is 0 Å². The first kappa shape index (κ1) is 13.1. The summed E-state index contributed by atoms with van der Waals surface area (Å²) in [6.07, 6.45) is 3.28. The zero-order valence-electron chi connectivity index (χ0n) is 11.0. The molecular weight excluding hydrogens is 226 g/mol. The minimum absolute atomic E-state index is 0.389. The number of carbonyl (C=O) groups is 1. The van der Waals surface area contributed by atoms with Gasteiger partial charge >= 0.3 is 5.97 Å². The fourth-order valence-electron chi connectivity index (χ4n) is 2.05. The lowest BCUT2D eigenvalue weighted by atomic mass is 9.96. The third kappa shape index (κ3) is 3.10. The Hall–Kier alpha value is -1.35. The van der Waals surface area contributed by atoms with Gasteiger partial charge in [0.1, 0.15) is 6.04 Å². The molecule has 3 heteroatoms. The van der Waals surface area contributed by atoms with E-state index >= 15 is 0 Å². The molecule has 3 nitrogen and oxygen atoms in total. The van der Waals surface area contributed by atoms with E-state index in [0.717, 1.165) is 24.8 Å². The van der Waals surface area contributed by atoms with E-state index in [9.17, 15) is 9.90 Å². The molecule has 2 unspecified atom stereocenters. The van der Waals surface area contributed by atoms with Gasteiger partial charge in [-0.3, -0.25) is 10.1 Å². The molecule has 0 aromatic heterocycles. The quantitative estimate of drug-likeness (QED) is 0.812. The highest BCUT2D eigenvalue weighted by Crippen LogP contribution is 2.26.